The van der Waals surface area contributed by atoms with Crippen LogP contribution in [0.25, 0.3) is 0 Å². The largest absolute Gasteiger partial charge is 0.329 e. The maximum Gasteiger partial charge on any atom is 0.0544 e. The third-order valence-electron chi connectivity index (χ3n) is 4.62. The van der Waals surface area contributed by atoms with Crippen LogP contribution in [0.15, 0.2) is 24.4 Å². The molecule has 1 aromatic heterocycles. The van der Waals surface area contributed by atoms with E-state index in [2.05, 4.69) is 42.9 Å². The van der Waals surface area contributed by atoms with E-state index in [0.717, 1.165) is 18.8 Å². The maximum absolute atomic E-state index is 6.15. The molecule has 0 saturated heterocycles. The third kappa shape index (κ3) is 3.34. The molecule has 1 saturated carbocycles. The van der Waals surface area contributed by atoms with Gasteiger partial charge in [0.1, 0.15) is 0 Å². The zero-order valence-electron chi connectivity index (χ0n) is 12.5. The Labute approximate surface area is 117 Å². The Morgan fingerprint density at radius 1 is 1.32 bits per heavy atom. The number of nitrogens with two attached hydrogens (primary N) is 1. The van der Waals surface area contributed by atoms with Gasteiger partial charge in [0.25, 0.3) is 0 Å². The van der Waals surface area contributed by atoms with Crippen molar-refractivity contribution >= 4 is 0 Å². The highest BCUT2D eigenvalue weighted by atomic mass is 15.2. The van der Waals surface area contributed by atoms with Crippen LogP contribution in [0, 0.1) is 5.41 Å². The van der Waals surface area contributed by atoms with Gasteiger partial charge in [-0.2, -0.15) is 0 Å². The van der Waals surface area contributed by atoms with Crippen LogP contribution < -0.4 is 5.73 Å². The second kappa shape index (κ2) is 5.59. The number of likely N-dealkylation sites (N-methyl/N-ethyl adjacent to an activating group) is 1. The molecule has 1 heterocycles. The zero-order chi connectivity index (χ0) is 13.9. The maximum atomic E-state index is 6.15. The summed E-state index contributed by atoms with van der Waals surface area (Å²) in [6, 6.07) is 6.11. The molecule has 0 radical (unpaired) electrons. The predicted octanol–water partition coefficient (Wildman–Crippen LogP) is 2.81. The molecule has 1 unspecified atom stereocenters. The van der Waals surface area contributed by atoms with Gasteiger partial charge in [0, 0.05) is 24.8 Å². The molecule has 19 heavy (non-hydrogen) atoms. The summed E-state index contributed by atoms with van der Waals surface area (Å²) in [5.74, 6) is 0. The standard InChI is InChI=1S/C16H27N3/c1-15(2)8-6-9-16(12-15,13-17)19(3)11-14-7-4-5-10-18-14/h4-5,7,10H,6,8-9,11-13,17H2,1-3H3. The van der Waals surface area contributed by atoms with E-state index in [1.54, 1.807) is 0 Å². The van der Waals surface area contributed by atoms with Crippen molar-refractivity contribution in [3.8, 4) is 0 Å². The Morgan fingerprint density at radius 2 is 2.11 bits per heavy atom. The Balaban J connectivity index is 2.12. The second-order valence-corrected chi connectivity index (χ2v) is 6.80. The first-order valence-electron chi connectivity index (χ1n) is 7.29. The van der Waals surface area contributed by atoms with Gasteiger partial charge in [0.2, 0.25) is 0 Å². The fourth-order valence-electron chi connectivity index (χ4n) is 3.52. The summed E-state index contributed by atoms with van der Waals surface area (Å²) in [6.45, 7) is 6.35. The lowest BCUT2D eigenvalue weighted by Gasteiger charge is -2.49. The van der Waals surface area contributed by atoms with E-state index in [1.165, 1.54) is 25.7 Å². The van der Waals surface area contributed by atoms with Crippen LogP contribution in [0.2, 0.25) is 0 Å². The number of hydrogen-bond acceptors (Lipinski definition) is 3. The van der Waals surface area contributed by atoms with E-state index in [0.29, 0.717) is 5.41 Å². The number of nitrogens with zero attached hydrogens (tertiary/aromatic N) is 2. The molecule has 0 amide bonds. The van der Waals surface area contributed by atoms with Gasteiger partial charge in [-0.3, -0.25) is 9.88 Å². The minimum atomic E-state index is 0.138. The first-order valence-corrected chi connectivity index (χ1v) is 7.29. The lowest BCUT2D eigenvalue weighted by atomic mass is 9.67. The van der Waals surface area contributed by atoms with Crippen molar-refractivity contribution in [1.82, 2.24) is 9.88 Å². The van der Waals surface area contributed by atoms with E-state index < -0.39 is 0 Å². The summed E-state index contributed by atoms with van der Waals surface area (Å²) in [5.41, 5.74) is 7.81. The number of aromatic nitrogens is 1. The molecule has 1 aliphatic rings. The normalized spacial score (nSPS) is 26.6. The van der Waals surface area contributed by atoms with E-state index in [9.17, 15) is 0 Å². The van der Waals surface area contributed by atoms with Crippen molar-refractivity contribution in [3.05, 3.63) is 30.1 Å². The molecule has 0 aliphatic heterocycles. The van der Waals surface area contributed by atoms with Crippen molar-refractivity contribution in [1.29, 1.82) is 0 Å². The van der Waals surface area contributed by atoms with Gasteiger partial charge in [-0.25, -0.2) is 0 Å². The molecule has 3 heteroatoms. The van der Waals surface area contributed by atoms with Crippen LogP contribution in [0.4, 0.5) is 0 Å². The van der Waals surface area contributed by atoms with Gasteiger partial charge in [0.05, 0.1) is 5.69 Å². The van der Waals surface area contributed by atoms with Crippen molar-refractivity contribution in [3.63, 3.8) is 0 Å². The number of hydrogen-bond donors (Lipinski definition) is 1. The lowest BCUT2D eigenvalue weighted by Crippen LogP contribution is -2.55. The summed E-state index contributed by atoms with van der Waals surface area (Å²) < 4.78 is 0. The number of rotatable bonds is 4. The molecule has 1 aliphatic carbocycles. The first-order chi connectivity index (χ1) is 8.97. The van der Waals surface area contributed by atoms with Gasteiger partial charge >= 0.3 is 0 Å². The van der Waals surface area contributed by atoms with Gasteiger partial charge in [0.15, 0.2) is 0 Å². The molecule has 1 aromatic rings. The Hall–Kier alpha value is -0.930. The molecular weight excluding hydrogens is 234 g/mol. The fourth-order valence-corrected chi connectivity index (χ4v) is 3.52. The molecule has 2 N–H and O–H groups in total. The van der Waals surface area contributed by atoms with Crippen molar-refractivity contribution in [2.24, 2.45) is 11.1 Å². The van der Waals surface area contributed by atoms with E-state index in [4.69, 9.17) is 5.73 Å². The fraction of sp³-hybridized carbons (Fsp3) is 0.688. The Bertz CT molecular complexity index is 402. The van der Waals surface area contributed by atoms with Crippen molar-refractivity contribution < 1.29 is 0 Å². The summed E-state index contributed by atoms with van der Waals surface area (Å²) >= 11 is 0. The van der Waals surface area contributed by atoms with Crippen LogP contribution in [-0.4, -0.2) is 29.0 Å². The summed E-state index contributed by atoms with van der Waals surface area (Å²) in [6.07, 6.45) is 6.84. The van der Waals surface area contributed by atoms with Crippen molar-refractivity contribution in [2.75, 3.05) is 13.6 Å². The average Bonchev–Trinajstić information content (AvgIpc) is 2.38. The summed E-state index contributed by atoms with van der Waals surface area (Å²) in [5, 5.41) is 0. The smallest absolute Gasteiger partial charge is 0.0544 e. The van der Waals surface area contributed by atoms with Gasteiger partial charge in [-0.05, 0) is 43.9 Å². The van der Waals surface area contributed by atoms with Gasteiger partial charge in [-0.15, -0.1) is 0 Å². The molecule has 106 valence electrons. The SMILES string of the molecule is CN(Cc1ccccn1)C1(CN)CCCC(C)(C)C1. The molecule has 1 fully saturated rings. The third-order valence-corrected chi connectivity index (χ3v) is 4.62. The first kappa shape index (κ1) is 14.5. The minimum absolute atomic E-state index is 0.138. The molecular formula is C16H27N3. The van der Waals surface area contributed by atoms with E-state index in [1.807, 2.05) is 12.3 Å². The lowest BCUT2D eigenvalue weighted by molar-refractivity contribution is 0.0216. The molecule has 0 spiro atoms. The van der Waals surface area contributed by atoms with Crippen LogP contribution in [0.5, 0.6) is 0 Å². The molecule has 0 bridgehead atoms. The van der Waals surface area contributed by atoms with Crippen LogP contribution in [0.1, 0.15) is 45.2 Å². The quantitative estimate of drug-likeness (QED) is 0.906. The minimum Gasteiger partial charge on any atom is -0.329 e. The molecule has 3 nitrogen and oxygen atoms in total. The highest BCUT2D eigenvalue weighted by Gasteiger charge is 2.41. The second-order valence-electron chi connectivity index (χ2n) is 6.80. The van der Waals surface area contributed by atoms with Gasteiger partial charge < -0.3 is 5.73 Å². The monoisotopic (exact) mass is 261 g/mol. The Morgan fingerprint density at radius 3 is 2.68 bits per heavy atom. The van der Waals surface area contributed by atoms with E-state index in [-0.39, 0.29) is 5.54 Å². The predicted molar refractivity (Wildman–Crippen MR) is 79.7 cm³/mol. The highest BCUT2D eigenvalue weighted by molar-refractivity contribution is 5.06. The topological polar surface area (TPSA) is 42.2 Å². The summed E-state index contributed by atoms with van der Waals surface area (Å²) in [4.78, 5) is 6.86. The molecule has 1 atom stereocenters. The molecule has 2 rings (SSSR count). The van der Waals surface area contributed by atoms with Crippen LogP contribution in [-0.2, 0) is 6.54 Å². The molecule has 0 aromatic carbocycles. The summed E-state index contributed by atoms with van der Waals surface area (Å²) in [7, 11) is 2.20. The van der Waals surface area contributed by atoms with Crippen LogP contribution in [0.3, 0.4) is 0 Å². The highest BCUT2D eigenvalue weighted by Crippen LogP contribution is 2.43. The number of pyridine rings is 1. The average molecular weight is 261 g/mol. The van der Waals surface area contributed by atoms with Crippen LogP contribution >= 0.6 is 0 Å². The van der Waals surface area contributed by atoms with Crippen molar-refractivity contribution in [2.45, 2.75) is 51.6 Å². The van der Waals surface area contributed by atoms with Gasteiger partial charge in [-0.1, -0.05) is 26.3 Å². The Kier molecular flexibility index (Phi) is 4.26. The van der Waals surface area contributed by atoms with E-state index >= 15 is 0 Å². The zero-order valence-corrected chi connectivity index (χ0v) is 12.5.